The number of fused-ring (bicyclic) bond motifs is 1. The van der Waals surface area contributed by atoms with Crippen LogP contribution in [0.3, 0.4) is 0 Å². The Kier molecular flexibility index (Phi) is 5.41. The van der Waals surface area contributed by atoms with Gasteiger partial charge in [0.15, 0.2) is 0 Å². The summed E-state index contributed by atoms with van der Waals surface area (Å²) in [4.78, 5) is 26.3. The van der Waals surface area contributed by atoms with Crippen molar-refractivity contribution in [2.24, 2.45) is 7.05 Å². The van der Waals surface area contributed by atoms with E-state index in [0.29, 0.717) is 46.7 Å². The van der Waals surface area contributed by atoms with Crippen LogP contribution in [0.1, 0.15) is 34.6 Å². The van der Waals surface area contributed by atoms with Crippen molar-refractivity contribution in [2.45, 2.75) is 31.5 Å². The predicted octanol–water partition coefficient (Wildman–Crippen LogP) is 3.69. The van der Waals surface area contributed by atoms with Crippen molar-refractivity contribution in [1.29, 1.82) is 0 Å². The van der Waals surface area contributed by atoms with Crippen LogP contribution >= 0.6 is 0 Å². The minimum atomic E-state index is -4.47. The van der Waals surface area contributed by atoms with Gasteiger partial charge in [-0.1, -0.05) is 0 Å². The van der Waals surface area contributed by atoms with Gasteiger partial charge in [0.1, 0.15) is 0 Å². The molecule has 0 radical (unpaired) electrons. The van der Waals surface area contributed by atoms with E-state index in [1.54, 1.807) is 26.7 Å². The van der Waals surface area contributed by atoms with Crippen molar-refractivity contribution in [1.82, 2.24) is 39.0 Å². The van der Waals surface area contributed by atoms with Gasteiger partial charge in [-0.2, -0.15) is 0 Å². The summed E-state index contributed by atoms with van der Waals surface area (Å²) in [5.41, 5.74) is 1.98. The van der Waals surface area contributed by atoms with Crippen molar-refractivity contribution >= 4 is 25.7 Å². The number of ether oxygens (including phenoxy) is 1. The molecule has 0 spiro atoms. The fraction of sp³-hybridized carbons (Fsp3) is 0.304. The molecule has 0 amide bonds. The van der Waals surface area contributed by atoms with Gasteiger partial charge in [-0.15, -0.1) is 0 Å². The van der Waals surface area contributed by atoms with Gasteiger partial charge in [0, 0.05) is 0 Å². The monoisotopic (exact) mass is 560 g/mol. The van der Waals surface area contributed by atoms with E-state index in [-0.39, 0.29) is 14.5 Å². The molecule has 5 aromatic heterocycles. The van der Waals surface area contributed by atoms with Gasteiger partial charge in [0.25, 0.3) is 0 Å². The maximum atomic E-state index is 13.1. The number of hydrogen-bond acceptors (Lipinski definition) is 7. The third-order valence-corrected chi connectivity index (χ3v) is 8.19. The Labute approximate surface area is 208 Å². The number of aromatic nitrogens is 8. The van der Waals surface area contributed by atoms with E-state index in [9.17, 15) is 13.2 Å². The standard InChI is InChI=1S/C23H19F3N8OSe/c1-33-9-16(23(24,25)26)31-21(33)15-6-5-13(36-15)8-34-11-30-14-7-27-19(32-20(14)34)17-18(12-3-4-12)28-10-29-22(17)35-2/h5-7,9-12H,3-4,8H2,1-2H3. The summed E-state index contributed by atoms with van der Waals surface area (Å²) in [6.45, 7) is 0.501. The Hall–Kier alpha value is -3.57. The van der Waals surface area contributed by atoms with Crippen molar-refractivity contribution in [3.63, 3.8) is 0 Å². The van der Waals surface area contributed by atoms with Crippen LogP contribution in [0.25, 0.3) is 32.8 Å². The van der Waals surface area contributed by atoms with E-state index in [0.717, 1.165) is 33.6 Å². The van der Waals surface area contributed by atoms with Gasteiger partial charge in [-0.3, -0.25) is 0 Å². The molecule has 0 N–H and O–H groups in total. The molecule has 1 aliphatic carbocycles. The normalized spacial score (nSPS) is 14.0. The van der Waals surface area contributed by atoms with Crippen molar-refractivity contribution in [3.8, 4) is 27.5 Å². The van der Waals surface area contributed by atoms with Crippen LogP contribution in [-0.4, -0.2) is 60.7 Å². The summed E-state index contributed by atoms with van der Waals surface area (Å²) in [5.74, 6) is 1.58. The van der Waals surface area contributed by atoms with Crippen LogP contribution < -0.4 is 4.74 Å². The van der Waals surface area contributed by atoms with E-state index < -0.39 is 11.9 Å². The molecule has 1 aliphatic rings. The van der Waals surface area contributed by atoms with Crippen molar-refractivity contribution in [2.75, 3.05) is 7.11 Å². The minimum absolute atomic E-state index is 0.190. The molecule has 0 atom stereocenters. The number of nitrogens with zero attached hydrogens (tertiary/aromatic N) is 8. The third-order valence-electron chi connectivity index (χ3n) is 5.96. The molecule has 5 heterocycles. The van der Waals surface area contributed by atoms with Crippen LogP contribution in [0, 0.1) is 0 Å². The van der Waals surface area contributed by atoms with E-state index in [1.807, 2.05) is 16.7 Å². The third kappa shape index (κ3) is 4.07. The Morgan fingerprint density at radius 3 is 2.67 bits per heavy atom. The van der Waals surface area contributed by atoms with Gasteiger partial charge in [-0.25, -0.2) is 0 Å². The fourth-order valence-corrected chi connectivity index (χ4v) is 6.27. The van der Waals surface area contributed by atoms with E-state index >= 15 is 0 Å². The molecule has 6 rings (SSSR count). The number of methoxy groups -OCH3 is 1. The second-order valence-electron chi connectivity index (χ2n) is 8.52. The Morgan fingerprint density at radius 1 is 1.11 bits per heavy atom. The van der Waals surface area contributed by atoms with Gasteiger partial charge in [0.2, 0.25) is 0 Å². The second-order valence-corrected chi connectivity index (χ2v) is 11.0. The molecule has 36 heavy (non-hydrogen) atoms. The summed E-state index contributed by atoms with van der Waals surface area (Å²) in [6, 6.07) is 3.77. The van der Waals surface area contributed by atoms with Crippen LogP contribution in [-0.2, 0) is 19.8 Å². The molecule has 184 valence electrons. The molecular formula is C23H19F3N8OSe. The number of aryl methyl sites for hydroxylation is 1. The summed E-state index contributed by atoms with van der Waals surface area (Å²) in [6.07, 6.45) is 3.51. The van der Waals surface area contributed by atoms with Crippen LogP contribution in [0.15, 0.2) is 37.2 Å². The topological polar surface area (TPSA) is 96.4 Å². The van der Waals surface area contributed by atoms with Gasteiger partial charge < -0.3 is 0 Å². The Morgan fingerprint density at radius 2 is 1.94 bits per heavy atom. The number of alkyl halides is 3. The SMILES string of the molecule is COc1ncnc(C2CC2)c1-c1ncc2ncn(Cc3ccc(-c4nc(C(F)(F)F)cn4C)[se]3)c2n1. The van der Waals surface area contributed by atoms with Crippen LogP contribution in [0.4, 0.5) is 13.2 Å². The maximum absolute atomic E-state index is 13.1. The van der Waals surface area contributed by atoms with E-state index in [2.05, 4.69) is 24.9 Å². The Balaban J connectivity index is 1.34. The summed E-state index contributed by atoms with van der Waals surface area (Å²) >= 11 is -0.190. The summed E-state index contributed by atoms with van der Waals surface area (Å²) < 4.78 is 49.9. The van der Waals surface area contributed by atoms with Gasteiger partial charge in [0.05, 0.1) is 0 Å². The fourth-order valence-electron chi connectivity index (χ4n) is 4.09. The van der Waals surface area contributed by atoms with E-state index in [4.69, 9.17) is 9.72 Å². The summed E-state index contributed by atoms with van der Waals surface area (Å²) in [5, 5.41) is 0. The summed E-state index contributed by atoms with van der Waals surface area (Å²) in [7, 11) is 3.13. The first kappa shape index (κ1) is 22.9. The molecule has 1 fully saturated rings. The molecule has 0 bridgehead atoms. The number of halogens is 3. The zero-order chi connectivity index (χ0) is 25.0. The molecule has 5 aromatic rings. The molecule has 0 saturated heterocycles. The number of imidazole rings is 2. The average Bonchev–Trinajstić information content (AvgIpc) is 3.27. The first-order valence-corrected chi connectivity index (χ1v) is 12.8. The Bertz CT molecular complexity index is 1580. The molecular weight excluding hydrogens is 540 g/mol. The first-order valence-electron chi connectivity index (χ1n) is 11.1. The molecule has 13 heteroatoms. The van der Waals surface area contributed by atoms with Crippen molar-refractivity contribution < 1.29 is 17.9 Å². The van der Waals surface area contributed by atoms with Gasteiger partial charge in [-0.05, 0) is 0 Å². The van der Waals surface area contributed by atoms with E-state index in [1.165, 1.54) is 10.9 Å². The second kappa shape index (κ2) is 8.52. The molecule has 0 unspecified atom stereocenters. The van der Waals surface area contributed by atoms with Crippen molar-refractivity contribution in [3.05, 3.63) is 53.0 Å². The predicted molar refractivity (Wildman–Crippen MR) is 125 cm³/mol. The molecule has 1 saturated carbocycles. The first-order chi connectivity index (χ1) is 17.3. The number of rotatable bonds is 6. The zero-order valence-electron chi connectivity index (χ0n) is 19.2. The van der Waals surface area contributed by atoms with Crippen LogP contribution in [0.2, 0.25) is 0 Å². The zero-order valence-corrected chi connectivity index (χ0v) is 20.9. The molecule has 9 nitrogen and oxygen atoms in total. The number of hydrogen-bond donors (Lipinski definition) is 0. The average molecular weight is 559 g/mol. The molecule has 0 aliphatic heterocycles. The van der Waals surface area contributed by atoms with Crippen LogP contribution in [0.5, 0.6) is 5.88 Å². The quantitative estimate of drug-likeness (QED) is 0.293. The molecule has 0 aromatic carbocycles. The van der Waals surface area contributed by atoms with Gasteiger partial charge >= 0.3 is 209 Å².